The molecule has 0 spiro atoms. The Labute approximate surface area is 115 Å². The molecule has 1 atom stereocenters. The third-order valence-corrected chi connectivity index (χ3v) is 2.91. The molecule has 0 amide bonds. The average Bonchev–Trinajstić information content (AvgIpc) is 2.43. The third-order valence-electron chi connectivity index (χ3n) is 2.91. The largest absolute Gasteiger partial charge is 0.467 e. The van der Waals surface area contributed by atoms with Crippen molar-refractivity contribution in [2.75, 3.05) is 20.3 Å². The van der Waals surface area contributed by atoms with E-state index in [0.717, 1.165) is 5.56 Å². The SMILES string of the molecule is CCNC(COC(C)C)(C(=O)OC)c1ccccc1. The van der Waals surface area contributed by atoms with Crippen molar-refractivity contribution in [3.8, 4) is 0 Å². The predicted molar refractivity (Wildman–Crippen MR) is 74.9 cm³/mol. The second-order valence-corrected chi connectivity index (χ2v) is 4.65. The van der Waals surface area contributed by atoms with Crippen molar-refractivity contribution in [2.45, 2.75) is 32.4 Å². The Bertz CT molecular complexity index is 392. The summed E-state index contributed by atoms with van der Waals surface area (Å²) in [6.07, 6.45) is 0.0476. The smallest absolute Gasteiger partial charge is 0.333 e. The van der Waals surface area contributed by atoms with Crippen molar-refractivity contribution in [3.05, 3.63) is 35.9 Å². The first-order valence-corrected chi connectivity index (χ1v) is 6.57. The van der Waals surface area contributed by atoms with E-state index in [4.69, 9.17) is 9.47 Å². The molecule has 0 aromatic heterocycles. The van der Waals surface area contributed by atoms with Gasteiger partial charge in [0.15, 0.2) is 5.54 Å². The van der Waals surface area contributed by atoms with Crippen molar-refractivity contribution in [1.82, 2.24) is 5.32 Å². The lowest BCUT2D eigenvalue weighted by Crippen LogP contribution is -2.53. The van der Waals surface area contributed by atoms with Gasteiger partial charge in [-0.3, -0.25) is 5.32 Å². The number of benzene rings is 1. The van der Waals surface area contributed by atoms with Gasteiger partial charge in [0.05, 0.1) is 19.8 Å². The summed E-state index contributed by atoms with van der Waals surface area (Å²) < 4.78 is 10.6. The number of hydrogen-bond acceptors (Lipinski definition) is 4. The van der Waals surface area contributed by atoms with Gasteiger partial charge < -0.3 is 9.47 Å². The zero-order chi connectivity index (χ0) is 14.3. The first-order chi connectivity index (χ1) is 9.06. The summed E-state index contributed by atoms with van der Waals surface area (Å²) in [5, 5.41) is 3.22. The van der Waals surface area contributed by atoms with Gasteiger partial charge in [-0.2, -0.15) is 0 Å². The highest BCUT2D eigenvalue weighted by molar-refractivity contribution is 5.82. The van der Waals surface area contributed by atoms with Crippen molar-refractivity contribution < 1.29 is 14.3 Å². The molecule has 19 heavy (non-hydrogen) atoms. The Balaban J connectivity index is 3.15. The van der Waals surface area contributed by atoms with Crippen LogP contribution in [0, 0.1) is 0 Å². The molecule has 1 unspecified atom stereocenters. The third kappa shape index (κ3) is 3.78. The van der Waals surface area contributed by atoms with Crippen LogP contribution in [0.15, 0.2) is 30.3 Å². The van der Waals surface area contributed by atoms with E-state index in [1.165, 1.54) is 7.11 Å². The van der Waals surface area contributed by atoms with E-state index < -0.39 is 5.54 Å². The maximum Gasteiger partial charge on any atom is 0.333 e. The quantitative estimate of drug-likeness (QED) is 0.767. The van der Waals surface area contributed by atoms with Gasteiger partial charge in [-0.05, 0) is 26.0 Å². The molecule has 0 saturated heterocycles. The zero-order valence-electron chi connectivity index (χ0n) is 12.1. The maximum absolute atomic E-state index is 12.3. The second-order valence-electron chi connectivity index (χ2n) is 4.65. The molecule has 4 heteroatoms. The van der Waals surface area contributed by atoms with Gasteiger partial charge in [-0.1, -0.05) is 37.3 Å². The number of rotatable bonds is 7. The van der Waals surface area contributed by atoms with Gasteiger partial charge in [0.1, 0.15) is 0 Å². The van der Waals surface area contributed by atoms with Crippen molar-refractivity contribution >= 4 is 5.97 Å². The molecule has 106 valence electrons. The van der Waals surface area contributed by atoms with Crippen LogP contribution in [0.2, 0.25) is 0 Å². The summed E-state index contributed by atoms with van der Waals surface area (Å²) in [5.41, 5.74) is -0.0981. The molecule has 0 saturated carbocycles. The normalized spacial score (nSPS) is 14.2. The standard InChI is InChI=1S/C15H23NO3/c1-5-16-15(14(17)18-4,11-19-12(2)3)13-9-7-6-8-10-13/h6-10,12,16H,5,11H2,1-4H3. The summed E-state index contributed by atoms with van der Waals surface area (Å²) in [5.74, 6) is -0.332. The van der Waals surface area contributed by atoms with E-state index in [1.807, 2.05) is 51.1 Å². The second kappa shape index (κ2) is 7.26. The van der Waals surface area contributed by atoms with Gasteiger partial charge >= 0.3 is 5.97 Å². The topological polar surface area (TPSA) is 47.6 Å². The van der Waals surface area contributed by atoms with E-state index in [0.29, 0.717) is 6.54 Å². The summed E-state index contributed by atoms with van der Waals surface area (Å²) in [6, 6.07) is 9.53. The average molecular weight is 265 g/mol. The molecule has 0 fully saturated rings. The number of esters is 1. The van der Waals surface area contributed by atoms with Crippen molar-refractivity contribution in [3.63, 3.8) is 0 Å². The minimum atomic E-state index is -0.949. The van der Waals surface area contributed by atoms with Gasteiger partial charge in [-0.15, -0.1) is 0 Å². The van der Waals surface area contributed by atoms with Gasteiger partial charge in [0.25, 0.3) is 0 Å². The molecule has 1 aromatic carbocycles. The van der Waals surface area contributed by atoms with Crippen molar-refractivity contribution in [1.29, 1.82) is 0 Å². The van der Waals surface area contributed by atoms with Crippen LogP contribution in [0.3, 0.4) is 0 Å². The van der Waals surface area contributed by atoms with E-state index in [-0.39, 0.29) is 18.7 Å². The van der Waals surface area contributed by atoms with Crippen LogP contribution in [0.4, 0.5) is 0 Å². The molecular weight excluding hydrogens is 242 g/mol. The fraction of sp³-hybridized carbons (Fsp3) is 0.533. The highest BCUT2D eigenvalue weighted by atomic mass is 16.5. The van der Waals surface area contributed by atoms with E-state index in [9.17, 15) is 4.79 Å². The molecule has 4 nitrogen and oxygen atoms in total. The highest BCUT2D eigenvalue weighted by Gasteiger charge is 2.41. The van der Waals surface area contributed by atoms with Gasteiger partial charge in [-0.25, -0.2) is 4.79 Å². The summed E-state index contributed by atoms with van der Waals surface area (Å²) in [7, 11) is 1.40. The fourth-order valence-corrected chi connectivity index (χ4v) is 1.98. The number of nitrogens with one attached hydrogen (secondary N) is 1. The summed E-state index contributed by atoms with van der Waals surface area (Å²) in [6.45, 7) is 6.73. The molecule has 0 aliphatic heterocycles. The number of carbonyl (C=O) groups excluding carboxylic acids is 1. The molecule has 0 bridgehead atoms. The maximum atomic E-state index is 12.3. The van der Waals surface area contributed by atoms with Crippen LogP contribution in [-0.2, 0) is 19.8 Å². The van der Waals surface area contributed by atoms with Gasteiger partial charge in [0, 0.05) is 0 Å². The number of likely N-dealkylation sites (N-methyl/N-ethyl adjacent to an activating group) is 1. The Morgan fingerprint density at radius 3 is 2.42 bits per heavy atom. The Morgan fingerprint density at radius 1 is 1.32 bits per heavy atom. The first-order valence-electron chi connectivity index (χ1n) is 6.57. The lowest BCUT2D eigenvalue weighted by Gasteiger charge is -2.32. The summed E-state index contributed by atoms with van der Waals surface area (Å²) >= 11 is 0. The molecule has 1 N–H and O–H groups in total. The van der Waals surface area contributed by atoms with E-state index in [2.05, 4.69) is 5.32 Å². The highest BCUT2D eigenvalue weighted by Crippen LogP contribution is 2.24. The summed E-state index contributed by atoms with van der Waals surface area (Å²) in [4.78, 5) is 12.3. The monoisotopic (exact) mass is 265 g/mol. The van der Waals surface area contributed by atoms with Crippen LogP contribution in [0.25, 0.3) is 0 Å². The van der Waals surface area contributed by atoms with Crippen LogP contribution in [0.5, 0.6) is 0 Å². The first kappa shape index (κ1) is 15.7. The molecular formula is C15H23NO3. The molecule has 0 radical (unpaired) electrons. The molecule has 0 heterocycles. The Kier molecular flexibility index (Phi) is 5.99. The number of methoxy groups -OCH3 is 1. The molecule has 1 rings (SSSR count). The number of carbonyl (C=O) groups is 1. The van der Waals surface area contributed by atoms with Crippen LogP contribution >= 0.6 is 0 Å². The van der Waals surface area contributed by atoms with E-state index in [1.54, 1.807) is 0 Å². The van der Waals surface area contributed by atoms with Crippen LogP contribution < -0.4 is 5.32 Å². The number of hydrogen-bond donors (Lipinski definition) is 1. The van der Waals surface area contributed by atoms with E-state index >= 15 is 0 Å². The Morgan fingerprint density at radius 2 is 1.95 bits per heavy atom. The van der Waals surface area contributed by atoms with Crippen LogP contribution in [0.1, 0.15) is 26.3 Å². The van der Waals surface area contributed by atoms with Crippen LogP contribution in [-0.4, -0.2) is 32.3 Å². The lowest BCUT2D eigenvalue weighted by atomic mass is 9.90. The predicted octanol–water partition coefficient (Wildman–Crippen LogP) is 2.09. The molecule has 1 aromatic rings. The molecule has 0 aliphatic carbocycles. The molecule has 0 aliphatic rings. The fourth-order valence-electron chi connectivity index (χ4n) is 1.98. The minimum Gasteiger partial charge on any atom is -0.467 e. The number of ether oxygens (including phenoxy) is 2. The lowest BCUT2D eigenvalue weighted by molar-refractivity contribution is -0.153. The van der Waals surface area contributed by atoms with Crippen molar-refractivity contribution in [2.24, 2.45) is 0 Å². The Hall–Kier alpha value is -1.39. The minimum absolute atomic E-state index is 0.0476. The zero-order valence-corrected chi connectivity index (χ0v) is 12.1. The van der Waals surface area contributed by atoms with Gasteiger partial charge in [0.2, 0.25) is 0 Å².